The van der Waals surface area contributed by atoms with Gasteiger partial charge in [-0.3, -0.25) is 4.90 Å². The van der Waals surface area contributed by atoms with Crippen molar-refractivity contribution in [2.75, 3.05) is 47.1 Å². The second-order valence-corrected chi connectivity index (χ2v) is 6.39. The molecular weight excluding hydrogens is 272 g/mol. The molecule has 1 aromatic heterocycles. The predicted molar refractivity (Wildman–Crippen MR) is 85.5 cm³/mol. The summed E-state index contributed by atoms with van der Waals surface area (Å²) >= 11 is 1.86. The molecule has 20 heavy (non-hydrogen) atoms. The number of nitrogens with one attached hydrogen (secondary N) is 1. The molecule has 0 radical (unpaired) electrons. The molecule has 116 valence electrons. The smallest absolute Gasteiger partial charge is 0.0615 e. The van der Waals surface area contributed by atoms with Crippen molar-refractivity contribution >= 4 is 11.3 Å². The van der Waals surface area contributed by atoms with Gasteiger partial charge in [-0.05, 0) is 26.0 Å². The number of aryl methyl sites for hydroxylation is 1. The molecule has 0 aliphatic carbocycles. The molecule has 5 heteroatoms. The Hall–Kier alpha value is -0.460. The molecule has 1 N–H and O–H groups in total. The standard InChI is InChI=1S/C15H28N2O2S/c1-13(12-19-4)17(9-10-18-3)8-7-16-11-15-6-5-14(2)20-15/h5-6,13,16H,7-12H2,1-4H3. The van der Waals surface area contributed by atoms with Gasteiger partial charge < -0.3 is 14.8 Å². The third-order valence-corrected chi connectivity index (χ3v) is 4.29. The molecule has 1 aromatic rings. The summed E-state index contributed by atoms with van der Waals surface area (Å²) in [5.41, 5.74) is 0. The zero-order valence-electron chi connectivity index (χ0n) is 13.1. The van der Waals surface area contributed by atoms with E-state index in [-0.39, 0.29) is 0 Å². The van der Waals surface area contributed by atoms with Crippen molar-refractivity contribution in [3.8, 4) is 0 Å². The van der Waals surface area contributed by atoms with Gasteiger partial charge in [0.05, 0.1) is 13.2 Å². The van der Waals surface area contributed by atoms with Gasteiger partial charge in [-0.25, -0.2) is 0 Å². The second-order valence-electron chi connectivity index (χ2n) is 5.02. The average molecular weight is 300 g/mol. The van der Waals surface area contributed by atoms with E-state index in [1.807, 2.05) is 11.3 Å². The third-order valence-electron chi connectivity index (χ3n) is 3.28. The Kier molecular flexibility index (Phi) is 9.05. The van der Waals surface area contributed by atoms with Crippen molar-refractivity contribution in [2.24, 2.45) is 0 Å². The summed E-state index contributed by atoms with van der Waals surface area (Å²) in [6, 6.07) is 4.79. The van der Waals surface area contributed by atoms with Crippen molar-refractivity contribution in [1.82, 2.24) is 10.2 Å². The number of thiophene rings is 1. The maximum Gasteiger partial charge on any atom is 0.0615 e. The third kappa shape index (κ3) is 6.81. The van der Waals surface area contributed by atoms with E-state index >= 15 is 0 Å². The van der Waals surface area contributed by atoms with E-state index in [9.17, 15) is 0 Å². The monoisotopic (exact) mass is 300 g/mol. The average Bonchev–Trinajstić information content (AvgIpc) is 2.84. The molecule has 0 amide bonds. The summed E-state index contributed by atoms with van der Waals surface area (Å²) in [4.78, 5) is 5.17. The van der Waals surface area contributed by atoms with Crippen LogP contribution >= 0.6 is 11.3 Å². The lowest BCUT2D eigenvalue weighted by molar-refractivity contribution is 0.0757. The van der Waals surface area contributed by atoms with E-state index in [0.29, 0.717) is 6.04 Å². The highest BCUT2D eigenvalue weighted by Crippen LogP contribution is 2.14. The summed E-state index contributed by atoms with van der Waals surface area (Å²) in [7, 11) is 3.50. The molecule has 4 nitrogen and oxygen atoms in total. The first-order valence-corrected chi connectivity index (χ1v) is 7.97. The van der Waals surface area contributed by atoms with Crippen molar-refractivity contribution in [3.63, 3.8) is 0 Å². The summed E-state index contributed by atoms with van der Waals surface area (Å²) in [5.74, 6) is 0. The highest BCUT2D eigenvalue weighted by atomic mass is 32.1. The number of ether oxygens (including phenoxy) is 2. The lowest BCUT2D eigenvalue weighted by Crippen LogP contribution is -2.42. The zero-order chi connectivity index (χ0) is 14.8. The van der Waals surface area contributed by atoms with Crippen molar-refractivity contribution in [1.29, 1.82) is 0 Å². The predicted octanol–water partition coefficient (Wildman–Crippen LogP) is 2.13. The van der Waals surface area contributed by atoms with Crippen LogP contribution in [0, 0.1) is 6.92 Å². The summed E-state index contributed by atoms with van der Waals surface area (Å²) in [5, 5.41) is 3.51. The molecule has 1 rings (SSSR count). The first-order valence-electron chi connectivity index (χ1n) is 7.15. The summed E-state index contributed by atoms with van der Waals surface area (Å²) in [6.45, 7) is 9.75. The Morgan fingerprint density at radius 3 is 2.65 bits per heavy atom. The van der Waals surface area contributed by atoms with E-state index in [2.05, 4.69) is 36.2 Å². The van der Waals surface area contributed by atoms with Gasteiger partial charge in [0, 0.05) is 56.2 Å². The van der Waals surface area contributed by atoms with E-state index in [4.69, 9.17) is 9.47 Å². The topological polar surface area (TPSA) is 33.7 Å². The van der Waals surface area contributed by atoms with E-state index in [1.54, 1.807) is 14.2 Å². The Labute approximate surface area is 127 Å². The fourth-order valence-corrected chi connectivity index (χ4v) is 2.98. The largest absolute Gasteiger partial charge is 0.383 e. The van der Waals surface area contributed by atoms with E-state index in [1.165, 1.54) is 9.75 Å². The van der Waals surface area contributed by atoms with Crippen LogP contribution in [0.2, 0.25) is 0 Å². The minimum Gasteiger partial charge on any atom is -0.383 e. The van der Waals surface area contributed by atoms with E-state index < -0.39 is 0 Å². The zero-order valence-corrected chi connectivity index (χ0v) is 14.0. The normalized spacial score (nSPS) is 13.1. The molecule has 1 heterocycles. The SMILES string of the molecule is COCCN(CCNCc1ccc(C)s1)C(C)COC. The maximum atomic E-state index is 5.24. The fraction of sp³-hybridized carbons (Fsp3) is 0.733. The van der Waals surface area contributed by atoms with Gasteiger partial charge in [-0.1, -0.05) is 0 Å². The first kappa shape index (κ1) is 17.6. The lowest BCUT2D eigenvalue weighted by atomic mass is 10.3. The number of methoxy groups -OCH3 is 2. The number of hydrogen-bond donors (Lipinski definition) is 1. The number of hydrogen-bond acceptors (Lipinski definition) is 5. The molecule has 0 bridgehead atoms. The van der Waals surface area contributed by atoms with Crippen LogP contribution in [-0.2, 0) is 16.0 Å². The minimum atomic E-state index is 0.418. The van der Waals surface area contributed by atoms with Crippen LogP contribution < -0.4 is 5.32 Å². The van der Waals surface area contributed by atoms with Gasteiger partial charge in [-0.15, -0.1) is 11.3 Å². The Balaban J connectivity index is 2.26. The van der Waals surface area contributed by atoms with Crippen LogP contribution in [-0.4, -0.2) is 58.0 Å². The van der Waals surface area contributed by atoms with Crippen molar-refractivity contribution in [3.05, 3.63) is 21.9 Å². The molecule has 0 aromatic carbocycles. The van der Waals surface area contributed by atoms with Gasteiger partial charge in [0.15, 0.2) is 0 Å². The van der Waals surface area contributed by atoms with Crippen LogP contribution in [0.15, 0.2) is 12.1 Å². The molecule has 0 saturated carbocycles. The summed E-state index contributed by atoms with van der Waals surface area (Å²) < 4.78 is 10.4. The van der Waals surface area contributed by atoms with Gasteiger partial charge in [0.1, 0.15) is 0 Å². The van der Waals surface area contributed by atoms with E-state index in [0.717, 1.165) is 39.4 Å². The molecule has 1 unspecified atom stereocenters. The maximum absolute atomic E-state index is 5.24. The molecule has 1 atom stereocenters. The van der Waals surface area contributed by atoms with Crippen LogP contribution in [0.1, 0.15) is 16.7 Å². The highest BCUT2D eigenvalue weighted by molar-refractivity contribution is 7.11. The molecule has 0 saturated heterocycles. The Morgan fingerprint density at radius 1 is 1.25 bits per heavy atom. The minimum absolute atomic E-state index is 0.418. The molecule has 0 aliphatic heterocycles. The van der Waals surface area contributed by atoms with Crippen LogP contribution in [0.5, 0.6) is 0 Å². The van der Waals surface area contributed by atoms with Gasteiger partial charge in [0.25, 0.3) is 0 Å². The molecule has 0 spiro atoms. The van der Waals surface area contributed by atoms with Gasteiger partial charge >= 0.3 is 0 Å². The van der Waals surface area contributed by atoms with Gasteiger partial charge in [-0.2, -0.15) is 0 Å². The fourth-order valence-electron chi connectivity index (χ4n) is 2.12. The quantitative estimate of drug-likeness (QED) is 0.635. The molecular formula is C15H28N2O2S. The summed E-state index contributed by atoms with van der Waals surface area (Å²) in [6.07, 6.45) is 0. The molecule has 0 aliphatic rings. The number of rotatable bonds is 11. The highest BCUT2D eigenvalue weighted by Gasteiger charge is 2.12. The Bertz CT molecular complexity index is 357. The van der Waals surface area contributed by atoms with Gasteiger partial charge in [0.2, 0.25) is 0 Å². The van der Waals surface area contributed by atoms with Crippen LogP contribution in [0.3, 0.4) is 0 Å². The number of nitrogens with zero attached hydrogens (tertiary/aromatic N) is 1. The Morgan fingerprint density at radius 2 is 2.05 bits per heavy atom. The van der Waals surface area contributed by atoms with Crippen molar-refractivity contribution in [2.45, 2.75) is 26.4 Å². The van der Waals surface area contributed by atoms with Crippen LogP contribution in [0.25, 0.3) is 0 Å². The molecule has 0 fully saturated rings. The lowest BCUT2D eigenvalue weighted by Gasteiger charge is -2.28. The van der Waals surface area contributed by atoms with Crippen molar-refractivity contribution < 1.29 is 9.47 Å². The first-order chi connectivity index (χ1) is 9.67. The van der Waals surface area contributed by atoms with Crippen LogP contribution in [0.4, 0.5) is 0 Å². The second kappa shape index (κ2) is 10.3.